The molecular formula is C13H13BrN4O2. The summed E-state index contributed by atoms with van der Waals surface area (Å²) in [7, 11) is 0. The Morgan fingerprint density at radius 3 is 2.75 bits per heavy atom. The molecule has 0 saturated carbocycles. The standard InChI is InChI=1S/C13H13BrN4O2/c1-8(19)9-3-2-4-10(5-9)17-13(20)18-12-7-15-11(14)6-16-12/h2-8,19H,1H3,(H2,16,17,18,20). The molecular weight excluding hydrogens is 324 g/mol. The van der Waals surface area contributed by atoms with E-state index >= 15 is 0 Å². The Morgan fingerprint density at radius 2 is 2.10 bits per heavy atom. The zero-order valence-electron chi connectivity index (χ0n) is 10.7. The monoisotopic (exact) mass is 336 g/mol. The second-order valence-corrected chi connectivity index (χ2v) is 4.92. The molecule has 104 valence electrons. The summed E-state index contributed by atoms with van der Waals surface area (Å²) < 4.78 is 0.591. The van der Waals surface area contributed by atoms with E-state index in [-0.39, 0.29) is 0 Å². The van der Waals surface area contributed by atoms with Crippen LogP contribution in [0.4, 0.5) is 16.3 Å². The van der Waals surface area contributed by atoms with E-state index in [4.69, 9.17) is 0 Å². The van der Waals surface area contributed by atoms with Crippen LogP contribution < -0.4 is 10.6 Å². The molecule has 0 aliphatic heterocycles. The zero-order valence-corrected chi connectivity index (χ0v) is 12.3. The third kappa shape index (κ3) is 4.01. The first kappa shape index (κ1) is 14.4. The Hall–Kier alpha value is -1.99. The Bertz CT molecular complexity index is 602. The van der Waals surface area contributed by atoms with Crippen molar-refractivity contribution < 1.29 is 9.90 Å². The first-order valence-electron chi connectivity index (χ1n) is 5.88. The maximum Gasteiger partial charge on any atom is 0.324 e. The molecule has 7 heteroatoms. The number of nitrogens with one attached hydrogen (secondary N) is 2. The van der Waals surface area contributed by atoms with Gasteiger partial charge in [-0.2, -0.15) is 0 Å². The van der Waals surface area contributed by atoms with Gasteiger partial charge in [0.15, 0.2) is 5.82 Å². The van der Waals surface area contributed by atoms with Gasteiger partial charge in [-0.15, -0.1) is 0 Å². The van der Waals surface area contributed by atoms with Gasteiger partial charge in [0.25, 0.3) is 0 Å². The average molecular weight is 337 g/mol. The van der Waals surface area contributed by atoms with Crippen LogP contribution in [0.25, 0.3) is 0 Å². The van der Waals surface area contributed by atoms with Gasteiger partial charge in [0, 0.05) is 5.69 Å². The molecule has 1 atom stereocenters. The summed E-state index contributed by atoms with van der Waals surface area (Å²) in [5, 5.41) is 14.7. The highest BCUT2D eigenvalue weighted by Gasteiger charge is 2.06. The Labute approximate surface area is 124 Å². The number of hydrogen-bond acceptors (Lipinski definition) is 4. The summed E-state index contributed by atoms with van der Waals surface area (Å²) in [6, 6.07) is 6.56. The molecule has 3 N–H and O–H groups in total. The van der Waals surface area contributed by atoms with Crippen molar-refractivity contribution in [1.29, 1.82) is 0 Å². The Kier molecular flexibility index (Phi) is 4.65. The van der Waals surface area contributed by atoms with Gasteiger partial charge in [-0.3, -0.25) is 5.32 Å². The number of aliphatic hydroxyl groups excluding tert-OH is 1. The first-order valence-corrected chi connectivity index (χ1v) is 6.67. The third-order valence-electron chi connectivity index (χ3n) is 2.49. The normalized spacial score (nSPS) is 11.8. The molecule has 2 rings (SSSR count). The van der Waals surface area contributed by atoms with E-state index in [1.807, 2.05) is 0 Å². The van der Waals surface area contributed by atoms with Gasteiger partial charge < -0.3 is 10.4 Å². The van der Waals surface area contributed by atoms with Crippen molar-refractivity contribution >= 4 is 33.5 Å². The number of benzene rings is 1. The number of carbonyl (C=O) groups is 1. The summed E-state index contributed by atoms with van der Waals surface area (Å²) in [6.45, 7) is 1.66. The largest absolute Gasteiger partial charge is 0.389 e. The van der Waals surface area contributed by atoms with Crippen molar-refractivity contribution in [3.63, 3.8) is 0 Å². The van der Waals surface area contributed by atoms with Gasteiger partial charge in [0.05, 0.1) is 18.5 Å². The number of carbonyl (C=O) groups excluding carboxylic acids is 1. The van der Waals surface area contributed by atoms with Crippen LogP contribution in [0.1, 0.15) is 18.6 Å². The SMILES string of the molecule is CC(O)c1cccc(NC(=O)Nc2cnc(Br)cn2)c1. The molecule has 2 aromatic rings. The number of aliphatic hydroxyl groups is 1. The van der Waals surface area contributed by atoms with E-state index in [9.17, 15) is 9.90 Å². The van der Waals surface area contributed by atoms with Gasteiger partial charge in [-0.05, 0) is 40.5 Å². The van der Waals surface area contributed by atoms with Crippen molar-refractivity contribution in [1.82, 2.24) is 9.97 Å². The molecule has 0 fully saturated rings. The molecule has 0 saturated heterocycles. The highest BCUT2D eigenvalue weighted by atomic mass is 79.9. The van der Waals surface area contributed by atoms with Crippen molar-refractivity contribution in [3.05, 3.63) is 46.8 Å². The predicted molar refractivity (Wildman–Crippen MR) is 79.4 cm³/mol. The minimum absolute atomic E-state index is 0.345. The van der Waals surface area contributed by atoms with Crippen LogP contribution >= 0.6 is 15.9 Å². The van der Waals surface area contributed by atoms with Crippen molar-refractivity contribution in [2.24, 2.45) is 0 Å². The molecule has 6 nitrogen and oxygen atoms in total. The fraction of sp³-hybridized carbons (Fsp3) is 0.154. The van der Waals surface area contributed by atoms with Crippen LogP contribution in [0.3, 0.4) is 0 Å². The van der Waals surface area contributed by atoms with Crippen molar-refractivity contribution in [2.75, 3.05) is 10.6 Å². The summed E-state index contributed by atoms with van der Waals surface area (Å²) in [5.74, 6) is 0.345. The second-order valence-electron chi connectivity index (χ2n) is 4.10. The van der Waals surface area contributed by atoms with E-state index in [1.54, 1.807) is 31.2 Å². The molecule has 1 aromatic carbocycles. The van der Waals surface area contributed by atoms with Crippen LogP contribution in [-0.4, -0.2) is 21.1 Å². The van der Waals surface area contributed by atoms with Crippen molar-refractivity contribution in [3.8, 4) is 0 Å². The van der Waals surface area contributed by atoms with Gasteiger partial charge in [-0.1, -0.05) is 12.1 Å². The fourth-order valence-electron chi connectivity index (χ4n) is 1.53. The lowest BCUT2D eigenvalue weighted by molar-refractivity contribution is 0.199. The van der Waals surface area contributed by atoms with Crippen LogP contribution in [0.2, 0.25) is 0 Å². The molecule has 1 unspecified atom stereocenters. The maximum absolute atomic E-state index is 11.8. The molecule has 0 bridgehead atoms. The average Bonchev–Trinajstić information content (AvgIpc) is 2.41. The first-order chi connectivity index (χ1) is 9.54. The smallest absolute Gasteiger partial charge is 0.324 e. The zero-order chi connectivity index (χ0) is 14.5. The van der Waals surface area contributed by atoms with E-state index in [0.29, 0.717) is 16.1 Å². The lowest BCUT2D eigenvalue weighted by Crippen LogP contribution is -2.20. The lowest BCUT2D eigenvalue weighted by Gasteiger charge is -2.09. The van der Waals surface area contributed by atoms with Gasteiger partial charge in [0.2, 0.25) is 0 Å². The second kappa shape index (κ2) is 6.44. The number of nitrogens with zero attached hydrogens (tertiary/aromatic N) is 2. The summed E-state index contributed by atoms with van der Waals surface area (Å²) in [6.07, 6.45) is 2.34. The Morgan fingerprint density at radius 1 is 1.30 bits per heavy atom. The highest BCUT2D eigenvalue weighted by Crippen LogP contribution is 2.17. The number of urea groups is 1. The lowest BCUT2D eigenvalue weighted by atomic mass is 10.1. The number of aromatic nitrogens is 2. The van der Waals surface area contributed by atoms with Crippen molar-refractivity contribution in [2.45, 2.75) is 13.0 Å². The molecule has 0 radical (unpaired) electrons. The van der Waals surface area contributed by atoms with Gasteiger partial charge in [0.1, 0.15) is 4.60 Å². The van der Waals surface area contributed by atoms with Crippen LogP contribution in [0, 0.1) is 0 Å². The summed E-state index contributed by atoms with van der Waals surface area (Å²) in [5.41, 5.74) is 1.32. The number of hydrogen-bond donors (Lipinski definition) is 3. The molecule has 0 aliphatic rings. The molecule has 1 heterocycles. The minimum atomic E-state index is -0.586. The van der Waals surface area contributed by atoms with Crippen LogP contribution in [0.15, 0.2) is 41.3 Å². The third-order valence-corrected chi connectivity index (χ3v) is 2.90. The maximum atomic E-state index is 11.8. The quantitative estimate of drug-likeness (QED) is 0.804. The fourth-order valence-corrected chi connectivity index (χ4v) is 1.74. The predicted octanol–water partition coefficient (Wildman–Crippen LogP) is 2.94. The van der Waals surface area contributed by atoms with E-state index in [2.05, 4.69) is 36.5 Å². The molecule has 0 aliphatic carbocycles. The number of halogens is 1. The highest BCUT2D eigenvalue weighted by molar-refractivity contribution is 9.10. The van der Waals surface area contributed by atoms with E-state index in [1.165, 1.54) is 12.4 Å². The molecule has 2 amide bonds. The van der Waals surface area contributed by atoms with E-state index < -0.39 is 12.1 Å². The topological polar surface area (TPSA) is 87.1 Å². The number of amides is 2. The van der Waals surface area contributed by atoms with Crippen LogP contribution in [0.5, 0.6) is 0 Å². The number of anilines is 2. The molecule has 1 aromatic heterocycles. The number of rotatable bonds is 3. The summed E-state index contributed by atoms with van der Waals surface area (Å²) in [4.78, 5) is 19.7. The molecule has 20 heavy (non-hydrogen) atoms. The van der Waals surface area contributed by atoms with Gasteiger partial charge in [-0.25, -0.2) is 14.8 Å². The van der Waals surface area contributed by atoms with Gasteiger partial charge >= 0.3 is 6.03 Å². The molecule has 0 spiro atoms. The van der Waals surface area contributed by atoms with Crippen LogP contribution in [-0.2, 0) is 0 Å². The minimum Gasteiger partial charge on any atom is -0.389 e. The Balaban J connectivity index is 2.01. The summed E-state index contributed by atoms with van der Waals surface area (Å²) >= 11 is 3.16. The van der Waals surface area contributed by atoms with E-state index in [0.717, 1.165) is 5.56 Å².